The Morgan fingerprint density at radius 3 is 3.00 bits per heavy atom. The smallest absolute Gasteiger partial charge is 0.143 e. The molecule has 5 heteroatoms. The monoisotopic (exact) mass is 276 g/mol. The third-order valence-electron chi connectivity index (χ3n) is 3.32. The third kappa shape index (κ3) is 2.31. The zero-order chi connectivity index (χ0) is 13.4. The van der Waals surface area contributed by atoms with Crippen LogP contribution in [-0.2, 0) is 0 Å². The van der Waals surface area contributed by atoms with Gasteiger partial charge in [0, 0.05) is 29.5 Å². The van der Waals surface area contributed by atoms with Crippen LogP contribution < -0.4 is 15.2 Å². The van der Waals surface area contributed by atoms with Crippen molar-refractivity contribution in [3.63, 3.8) is 0 Å². The van der Waals surface area contributed by atoms with Gasteiger partial charge in [-0.05, 0) is 13.0 Å². The van der Waals surface area contributed by atoms with Crippen molar-refractivity contribution in [2.75, 3.05) is 7.11 Å². The molecule has 1 aromatic carbocycles. The van der Waals surface area contributed by atoms with E-state index < -0.39 is 0 Å². The van der Waals surface area contributed by atoms with Gasteiger partial charge in [0.15, 0.2) is 0 Å². The lowest BCUT2D eigenvalue weighted by Crippen LogP contribution is -2.24. The SMILES string of the molecule is COc1ccc2c(c1)OC(c1csc(C)n1)CC2N. The Kier molecular flexibility index (Phi) is 3.16. The molecule has 0 radical (unpaired) electrons. The molecule has 2 N–H and O–H groups in total. The van der Waals surface area contributed by atoms with Crippen molar-refractivity contribution in [1.82, 2.24) is 4.98 Å². The van der Waals surface area contributed by atoms with Gasteiger partial charge >= 0.3 is 0 Å². The van der Waals surface area contributed by atoms with Crippen LogP contribution in [0.3, 0.4) is 0 Å². The number of thiazole rings is 1. The van der Waals surface area contributed by atoms with Gasteiger partial charge in [-0.3, -0.25) is 0 Å². The number of rotatable bonds is 2. The van der Waals surface area contributed by atoms with Gasteiger partial charge in [-0.1, -0.05) is 6.07 Å². The van der Waals surface area contributed by atoms with E-state index in [0.717, 1.165) is 34.2 Å². The molecule has 1 aliphatic heterocycles. The number of fused-ring (bicyclic) bond motifs is 1. The highest BCUT2D eigenvalue weighted by Gasteiger charge is 2.28. The summed E-state index contributed by atoms with van der Waals surface area (Å²) in [7, 11) is 1.64. The molecule has 4 nitrogen and oxygen atoms in total. The molecule has 0 amide bonds. The number of hydrogen-bond acceptors (Lipinski definition) is 5. The number of methoxy groups -OCH3 is 1. The van der Waals surface area contributed by atoms with Crippen molar-refractivity contribution in [3.05, 3.63) is 39.8 Å². The maximum atomic E-state index is 6.23. The fourth-order valence-corrected chi connectivity index (χ4v) is 2.97. The fourth-order valence-electron chi connectivity index (χ4n) is 2.32. The molecule has 19 heavy (non-hydrogen) atoms. The summed E-state index contributed by atoms with van der Waals surface area (Å²) in [4.78, 5) is 4.49. The number of nitrogens with zero attached hydrogens (tertiary/aromatic N) is 1. The first-order chi connectivity index (χ1) is 9.17. The average molecular weight is 276 g/mol. The topological polar surface area (TPSA) is 57.4 Å². The van der Waals surface area contributed by atoms with Gasteiger partial charge < -0.3 is 15.2 Å². The summed E-state index contributed by atoms with van der Waals surface area (Å²) in [5.41, 5.74) is 8.22. The van der Waals surface area contributed by atoms with Crippen molar-refractivity contribution >= 4 is 11.3 Å². The lowest BCUT2D eigenvalue weighted by atomic mass is 9.96. The number of ether oxygens (including phenoxy) is 2. The van der Waals surface area contributed by atoms with Gasteiger partial charge in [0.2, 0.25) is 0 Å². The highest BCUT2D eigenvalue weighted by molar-refractivity contribution is 7.09. The molecule has 2 unspecified atom stereocenters. The number of hydrogen-bond donors (Lipinski definition) is 1. The molecule has 0 fully saturated rings. The van der Waals surface area contributed by atoms with Crippen molar-refractivity contribution in [1.29, 1.82) is 0 Å². The Bertz CT molecular complexity index is 597. The third-order valence-corrected chi connectivity index (χ3v) is 4.12. The predicted molar refractivity (Wildman–Crippen MR) is 74.8 cm³/mol. The second kappa shape index (κ2) is 4.83. The molecular formula is C14H16N2O2S. The van der Waals surface area contributed by atoms with Gasteiger partial charge in [-0.15, -0.1) is 11.3 Å². The summed E-state index contributed by atoms with van der Waals surface area (Å²) >= 11 is 1.63. The number of aromatic nitrogens is 1. The quantitative estimate of drug-likeness (QED) is 0.916. The Hall–Kier alpha value is -1.59. The van der Waals surface area contributed by atoms with E-state index in [1.54, 1.807) is 18.4 Å². The Morgan fingerprint density at radius 2 is 2.32 bits per heavy atom. The van der Waals surface area contributed by atoms with Crippen molar-refractivity contribution < 1.29 is 9.47 Å². The van der Waals surface area contributed by atoms with E-state index >= 15 is 0 Å². The molecule has 0 saturated carbocycles. The minimum absolute atomic E-state index is 0.0262. The molecule has 2 atom stereocenters. The molecule has 0 spiro atoms. The first-order valence-corrected chi connectivity index (χ1v) is 7.07. The van der Waals surface area contributed by atoms with E-state index in [1.165, 1.54) is 0 Å². The molecule has 100 valence electrons. The highest BCUT2D eigenvalue weighted by Crippen LogP contribution is 2.41. The number of benzene rings is 1. The number of aryl methyl sites for hydroxylation is 1. The lowest BCUT2D eigenvalue weighted by Gasteiger charge is -2.29. The van der Waals surface area contributed by atoms with Crippen LogP contribution in [0, 0.1) is 6.92 Å². The summed E-state index contributed by atoms with van der Waals surface area (Å²) in [6.07, 6.45) is 0.683. The summed E-state index contributed by atoms with van der Waals surface area (Å²) in [5.74, 6) is 1.58. The molecule has 0 saturated heterocycles. The van der Waals surface area contributed by atoms with E-state index in [4.69, 9.17) is 15.2 Å². The minimum Gasteiger partial charge on any atom is -0.497 e. The van der Waals surface area contributed by atoms with Crippen LogP contribution in [0.5, 0.6) is 11.5 Å². The predicted octanol–water partition coefficient (Wildman–Crippen LogP) is 2.98. The van der Waals surface area contributed by atoms with Crippen molar-refractivity contribution in [3.8, 4) is 11.5 Å². The molecule has 3 rings (SSSR count). The summed E-state index contributed by atoms with van der Waals surface area (Å²) in [6, 6.07) is 5.75. The van der Waals surface area contributed by atoms with E-state index in [-0.39, 0.29) is 12.1 Å². The second-order valence-corrected chi connectivity index (χ2v) is 5.71. The zero-order valence-corrected chi connectivity index (χ0v) is 11.7. The van der Waals surface area contributed by atoms with E-state index in [2.05, 4.69) is 4.98 Å². The van der Waals surface area contributed by atoms with E-state index in [1.807, 2.05) is 30.5 Å². The standard InChI is InChI=1S/C14H16N2O2S/c1-8-16-12(7-19-8)14-6-11(15)10-4-3-9(17-2)5-13(10)18-14/h3-5,7,11,14H,6,15H2,1-2H3. The molecular weight excluding hydrogens is 260 g/mol. The first-order valence-electron chi connectivity index (χ1n) is 6.19. The molecule has 1 aromatic heterocycles. The van der Waals surface area contributed by atoms with Crippen LogP contribution >= 0.6 is 11.3 Å². The second-order valence-electron chi connectivity index (χ2n) is 4.64. The Morgan fingerprint density at radius 1 is 1.47 bits per heavy atom. The van der Waals surface area contributed by atoms with E-state index in [9.17, 15) is 0 Å². The van der Waals surface area contributed by atoms with Crippen LogP contribution in [0.15, 0.2) is 23.6 Å². The van der Waals surface area contributed by atoms with Gasteiger partial charge in [0.05, 0.1) is 17.8 Å². The van der Waals surface area contributed by atoms with E-state index in [0.29, 0.717) is 0 Å². The maximum absolute atomic E-state index is 6.23. The van der Waals surface area contributed by atoms with Crippen LogP contribution in [0.2, 0.25) is 0 Å². The Balaban J connectivity index is 1.93. The zero-order valence-electron chi connectivity index (χ0n) is 10.9. The average Bonchev–Trinajstić information content (AvgIpc) is 2.84. The molecule has 2 heterocycles. The van der Waals surface area contributed by atoms with Crippen molar-refractivity contribution in [2.45, 2.75) is 25.5 Å². The van der Waals surface area contributed by atoms with Crippen LogP contribution in [0.25, 0.3) is 0 Å². The summed E-state index contributed by atoms with van der Waals surface area (Å²) in [6.45, 7) is 1.99. The number of nitrogens with two attached hydrogens (primary N) is 1. The minimum atomic E-state index is -0.0699. The lowest BCUT2D eigenvalue weighted by molar-refractivity contribution is 0.157. The normalized spacial score (nSPS) is 21.6. The highest BCUT2D eigenvalue weighted by atomic mass is 32.1. The molecule has 0 aliphatic carbocycles. The summed E-state index contributed by atoms with van der Waals surface area (Å²) in [5, 5.41) is 3.08. The largest absolute Gasteiger partial charge is 0.497 e. The Labute approximate surface area is 116 Å². The van der Waals surface area contributed by atoms with Crippen LogP contribution in [-0.4, -0.2) is 12.1 Å². The van der Waals surface area contributed by atoms with Crippen LogP contribution in [0.4, 0.5) is 0 Å². The molecule has 2 aromatic rings. The van der Waals surface area contributed by atoms with Gasteiger partial charge in [-0.2, -0.15) is 0 Å². The van der Waals surface area contributed by atoms with Crippen molar-refractivity contribution in [2.24, 2.45) is 5.73 Å². The van der Waals surface area contributed by atoms with Gasteiger partial charge in [0.1, 0.15) is 17.6 Å². The van der Waals surface area contributed by atoms with Gasteiger partial charge in [-0.25, -0.2) is 4.98 Å². The fraction of sp³-hybridized carbons (Fsp3) is 0.357. The maximum Gasteiger partial charge on any atom is 0.143 e. The van der Waals surface area contributed by atoms with Gasteiger partial charge in [0.25, 0.3) is 0 Å². The summed E-state index contributed by atoms with van der Waals surface area (Å²) < 4.78 is 11.3. The van der Waals surface area contributed by atoms with Crippen LogP contribution in [0.1, 0.15) is 34.8 Å². The first kappa shape index (κ1) is 12.4. The molecule has 0 bridgehead atoms. The molecule has 1 aliphatic rings.